The molecule has 10 heteroatoms. The van der Waals surface area contributed by atoms with Crippen molar-refractivity contribution < 1.29 is 19.4 Å². The number of guanidine groups is 1. The van der Waals surface area contributed by atoms with Crippen LogP contribution in [0, 0.1) is 0 Å². The van der Waals surface area contributed by atoms with E-state index in [2.05, 4.69) is 32.9 Å². The Morgan fingerprint density at radius 1 is 0.763 bits per heavy atom. The number of anilines is 2. The maximum atomic E-state index is 12.7. The topological polar surface area (TPSA) is 157 Å². The molecule has 1 atom stereocenters. The molecule has 10 nitrogen and oxygen atoms in total. The molecule has 1 saturated heterocycles. The SMILES string of the molecule is CN1CCCC(NC(=O)c2ccc(NC(=O)c3ccc(NC(=O)c4ccc([NH+]=C(N)N)cc4)cc3)cc2)C1. The van der Waals surface area contributed by atoms with Gasteiger partial charge in [-0.15, -0.1) is 0 Å². The van der Waals surface area contributed by atoms with E-state index in [0.717, 1.165) is 25.9 Å². The molecule has 196 valence electrons. The lowest BCUT2D eigenvalue weighted by molar-refractivity contribution is -0.356. The van der Waals surface area contributed by atoms with Crippen molar-refractivity contribution >= 4 is 40.7 Å². The molecule has 38 heavy (non-hydrogen) atoms. The summed E-state index contributed by atoms with van der Waals surface area (Å²) in [5, 5.41) is 8.70. The maximum Gasteiger partial charge on any atom is 0.343 e. The molecular weight excluding hydrogens is 482 g/mol. The summed E-state index contributed by atoms with van der Waals surface area (Å²) in [6.07, 6.45) is 2.04. The van der Waals surface area contributed by atoms with Crippen LogP contribution in [-0.2, 0) is 0 Å². The lowest BCUT2D eigenvalue weighted by atomic mass is 10.1. The van der Waals surface area contributed by atoms with Gasteiger partial charge < -0.3 is 20.9 Å². The summed E-state index contributed by atoms with van der Waals surface area (Å²) in [6, 6.07) is 20.2. The summed E-state index contributed by atoms with van der Waals surface area (Å²) >= 11 is 0. The number of nitrogens with one attached hydrogen (secondary N) is 4. The highest BCUT2D eigenvalue weighted by molar-refractivity contribution is 6.06. The first-order valence-corrected chi connectivity index (χ1v) is 12.3. The predicted octanol–water partition coefficient (Wildman–Crippen LogP) is 1.00. The summed E-state index contributed by atoms with van der Waals surface area (Å²) in [7, 11) is 2.05. The molecule has 1 unspecified atom stereocenters. The number of amides is 3. The van der Waals surface area contributed by atoms with Crippen molar-refractivity contribution in [2.75, 3.05) is 30.8 Å². The van der Waals surface area contributed by atoms with Gasteiger partial charge >= 0.3 is 5.96 Å². The lowest BCUT2D eigenvalue weighted by Gasteiger charge is -2.30. The third kappa shape index (κ3) is 7.17. The summed E-state index contributed by atoms with van der Waals surface area (Å²) in [6.45, 7) is 1.90. The first kappa shape index (κ1) is 26.4. The van der Waals surface area contributed by atoms with Crippen LogP contribution in [-0.4, -0.2) is 54.8 Å². The van der Waals surface area contributed by atoms with Crippen LogP contribution in [0.2, 0.25) is 0 Å². The fourth-order valence-electron chi connectivity index (χ4n) is 4.24. The number of benzene rings is 3. The molecule has 4 rings (SSSR count). The van der Waals surface area contributed by atoms with Crippen molar-refractivity contribution in [2.24, 2.45) is 11.5 Å². The zero-order valence-corrected chi connectivity index (χ0v) is 21.2. The third-order valence-electron chi connectivity index (χ3n) is 6.21. The molecule has 0 aliphatic carbocycles. The summed E-state index contributed by atoms with van der Waals surface area (Å²) in [5.74, 6) is -0.649. The molecule has 0 spiro atoms. The lowest BCUT2D eigenvalue weighted by Crippen LogP contribution is -2.72. The van der Waals surface area contributed by atoms with Gasteiger partial charge in [-0.3, -0.25) is 25.9 Å². The van der Waals surface area contributed by atoms with Crippen LogP contribution in [0.25, 0.3) is 0 Å². The van der Waals surface area contributed by atoms with Gasteiger partial charge in [0, 0.05) is 40.7 Å². The van der Waals surface area contributed by atoms with E-state index in [0.29, 0.717) is 33.8 Å². The van der Waals surface area contributed by atoms with Crippen LogP contribution in [0.15, 0.2) is 72.8 Å². The van der Waals surface area contributed by atoms with Gasteiger partial charge in [0.2, 0.25) is 0 Å². The maximum absolute atomic E-state index is 12.7. The molecule has 0 saturated carbocycles. The number of rotatable bonds is 7. The molecule has 3 aromatic rings. The van der Waals surface area contributed by atoms with Gasteiger partial charge in [0.25, 0.3) is 17.7 Å². The van der Waals surface area contributed by atoms with Gasteiger partial charge in [-0.05, 0) is 99.2 Å². The molecule has 3 amide bonds. The second-order valence-electron chi connectivity index (χ2n) is 9.30. The Kier molecular flexibility index (Phi) is 8.34. The first-order valence-electron chi connectivity index (χ1n) is 12.3. The average Bonchev–Trinajstić information content (AvgIpc) is 2.89. The molecule has 0 radical (unpaired) electrons. The molecule has 1 heterocycles. The number of hydrogen-bond donors (Lipinski definition) is 6. The number of nitrogens with zero attached hydrogens (tertiary/aromatic N) is 1. The summed E-state index contributed by atoms with van der Waals surface area (Å²) in [5.41, 5.74) is 14.0. The minimum absolute atomic E-state index is 0.0639. The van der Waals surface area contributed by atoms with E-state index in [1.54, 1.807) is 72.8 Å². The highest BCUT2D eigenvalue weighted by Crippen LogP contribution is 2.16. The Bertz CT molecular complexity index is 1320. The van der Waals surface area contributed by atoms with Crippen molar-refractivity contribution in [3.8, 4) is 0 Å². The van der Waals surface area contributed by atoms with Crippen LogP contribution in [0.3, 0.4) is 0 Å². The van der Waals surface area contributed by atoms with E-state index < -0.39 is 0 Å². The Morgan fingerprint density at radius 3 is 1.71 bits per heavy atom. The van der Waals surface area contributed by atoms with Gasteiger partial charge in [0.05, 0.1) is 5.69 Å². The Morgan fingerprint density at radius 2 is 1.24 bits per heavy atom. The fourth-order valence-corrected chi connectivity index (χ4v) is 4.24. The number of likely N-dealkylation sites (N-methyl/N-ethyl adjacent to an activating group) is 1. The number of carbonyl (C=O) groups excluding carboxylic acids is 3. The highest BCUT2D eigenvalue weighted by atomic mass is 16.2. The third-order valence-corrected chi connectivity index (χ3v) is 6.21. The zero-order valence-electron chi connectivity index (χ0n) is 21.2. The second-order valence-corrected chi connectivity index (χ2v) is 9.30. The van der Waals surface area contributed by atoms with Gasteiger partial charge in [0.15, 0.2) is 0 Å². The molecule has 1 aliphatic rings. The first-order chi connectivity index (χ1) is 18.3. The number of nitrogens with two attached hydrogens (primary N) is 2. The van der Waals surface area contributed by atoms with Crippen LogP contribution < -0.4 is 32.4 Å². The van der Waals surface area contributed by atoms with Gasteiger partial charge in [0.1, 0.15) is 0 Å². The number of carbonyl (C=O) groups is 3. The standard InChI is InChI=1S/C28H31N7O3/c1-35-16-2-3-24(17-35)33-27(38)20-6-12-22(13-7-20)31-25(36)18-4-10-21(11-5-18)32-26(37)19-8-14-23(15-9-19)34-28(29)30/h4-15,24H,2-3,16-17H2,1H3,(H,31,36)(H,32,37)(H,33,38)(H4,29,30,34)/p+1. The molecule has 0 aromatic heterocycles. The van der Waals surface area contributed by atoms with Gasteiger partial charge in [-0.1, -0.05) is 0 Å². The molecule has 8 N–H and O–H groups in total. The fraction of sp³-hybridized carbons (Fsp3) is 0.214. The monoisotopic (exact) mass is 514 g/mol. The Labute approximate surface area is 221 Å². The van der Waals surface area contributed by atoms with E-state index in [4.69, 9.17) is 11.5 Å². The smallest absolute Gasteiger partial charge is 0.343 e. The number of hydrogen-bond acceptors (Lipinski definition) is 4. The zero-order chi connectivity index (χ0) is 27.1. The largest absolute Gasteiger partial charge is 0.348 e. The minimum Gasteiger partial charge on any atom is -0.348 e. The van der Waals surface area contributed by atoms with E-state index in [9.17, 15) is 14.4 Å². The summed E-state index contributed by atoms with van der Waals surface area (Å²) in [4.78, 5) is 42.7. The van der Waals surface area contributed by atoms with E-state index in [1.165, 1.54) is 0 Å². The average molecular weight is 515 g/mol. The van der Waals surface area contributed by atoms with E-state index >= 15 is 0 Å². The van der Waals surface area contributed by atoms with Crippen LogP contribution >= 0.6 is 0 Å². The van der Waals surface area contributed by atoms with Crippen LogP contribution in [0.4, 0.5) is 17.1 Å². The van der Waals surface area contributed by atoms with E-state index in [1.807, 2.05) is 0 Å². The Hall–Kier alpha value is -4.70. The van der Waals surface area contributed by atoms with Crippen molar-refractivity contribution in [2.45, 2.75) is 18.9 Å². The molecular formula is C28H32N7O3+. The summed E-state index contributed by atoms with van der Waals surface area (Å²) < 4.78 is 0. The van der Waals surface area contributed by atoms with Crippen molar-refractivity contribution in [1.29, 1.82) is 0 Å². The quantitative estimate of drug-likeness (QED) is 0.204. The van der Waals surface area contributed by atoms with Crippen molar-refractivity contribution in [1.82, 2.24) is 10.2 Å². The van der Waals surface area contributed by atoms with Crippen molar-refractivity contribution in [3.05, 3.63) is 89.5 Å². The molecule has 0 bridgehead atoms. The predicted molar refractivity (Wildman–Crippen MR) is 147 cm³/mol. The van der Waals surface area contributed by atoms with Gasteiger partial charge in [-0.2, -0.15) is 0 Å². The second kappa shape index (κ2) is 12.0. The molecule has 1 aliphatic heterocycles. The molecule has 1 fully saturated rings. The highest BCUT2D eigenvalue weighted by Gasteiger charge is 2.19. The van der Waals surface area contributed by atoms with E-state index in [-0.39, 0.29) is 29.7 Å². The van der Waals surface area contributed by atoms with Gasteiger partial charge in [-0.25, -0.2) is 4.99 Å². The number of piperidine rings is 1. The normalized spacial score (nSPS) is 15.2. The Balaban J connectivity index is 1.30. The van der Waals surface area contributed by atoms with Crippen LogP contribution in [0.1, 0.15) is 43.9 Å². The molecule has 3 aromatic carbocycles. The van der Waals surface area contributed by atoms with Crippen LogP contribution in [0.5, 0.6) is 0 Å². The van der Waals surface area contributed by atoms with Crippen molar-refractivity contribution in [3.63, 3.8) is 0 Å². The number of likely N-dealkylation sites (tertiary alicyclic amines) is 1. The minimum atomic E-state index is -0.301.